The molecule has 0 saturated carbocycles. The highest BCUT2D eigenvalue weighted by Crippen LogP contribution is 2.22. The second-order valence-corrected chi connectivity index (χ2v) is 8.37. The SMILES string of the molecule is CC(NC(=O)CSc1nnc(CC(C)c2ccccc2)o1)C(=O)N1CCCCC1. The summed E-state index contributed by atoms with van der Waals surface area (Å²) >= 11 is 1.18. The van der Waals surface area contributed by atoms with E-state index in [9.17, 15) is 9.59 Å². The zero-order chi connectivity index (χ0) is 20.6. The van der Waals surface area contributed by atoms with E-state index in [1.807, 2.05) is 23.1 Å². The van der Waals surface area contributed by atoms with E-state index in [-0.39, 0.29) is 23.5 Å². The molecule has 1 saturated heterocycles. The summed E-state index contributed by atoms with van der Waals surface area (Å²) in [5.41, 5.74) is 1.21. The van der Waals surface area contributed by atoms with Crippen LogP contribution in [0.3, 0.4) is 0 Å². The minimum Gasteiger partial charge on any atom is -0.416 e. The van der Waals surface area contributed by atoms with Gasteiger partial charge in [0.05, 0.1) is 5.75 Å². The van der Waals surface area contributed by atoms with Gasteiger partial charge < -0.3 is 14.6 Å². The molecule has 0 radical (unpaired) electrons. The van der Waals surface area contributed by atoms with Gasteiger partial charge in [0.2, 0.25) is 17.7 Å². The molecule has 7 nitrogen and oxygen atoms in total. The third-order valence-corrected chi connectivity index (χ3v) is 5.86. The molecule has 1 fully saturated rings. The van der Waals surface area contributed by atoms with E-state index in [2.05, 4.69) is 34.6 Å². The molecule has 2 unspecified atom stereocenters. The molecule has 8 heteroatoms. The van der Waals surface area contributed by atoms with Crippen molar-refractivity contribution in [2.24, 2.45) is 0 Å². The maximum atomic E-state index is 12.4. The van der Waals surface area contributed by atoms with E-state index in [1.54, 1.807) is 6.92 Å². The van der Waals surface area contributed by atoms with Crippen LogP contribution in [0.15, 0.2) is 40.0 Å². The van der Waals surface area contributed by atoms with Gasteiger partial charge >= 0.3 is 0 Å². The smallest absolute Gasteiger partial charge is 0.277 e. The number of amides is 2. The molecule has 29 heavy (non-hydrogen) atoms. The van der Waals surface area contributed by atoms with Gasteiger partial charge in [0.25, 0.3) is 5.22 Å². The molecule has 2 heterocycles. The number of nitrogens with one attached hydrogen (secondary N) is 1. The molecule has 0 bridgehead atoms. The number of aromatic nitrogens is 2. The highest BCUT2D eigenvalue weighted by molar-refractivity contribution is 7.99. The zero-order valence-electron chi connectivity index (χ0n) is 17.0. The van der Waals surface area contributed by atoms with Gasteiger partial charge in [-0.25, -0.2) is 0 Å². The van der Waals surface area contributed by atoms with E-state index >= 15 is 0 Å². The number of carbonyl (C=O) groups is 2. The van der Waals surface area contributed by atoms with Crippen LogP contribution in [-0.4, -0.2) is 51.8 Å². The molecule has 1 aromatic carbocycles. The van der Waals surface area contributed by atoms with Crippen molar-refractivity contribution in [1.82, 2.24) is 20.4 Å². The predicted molar refractivity (Wildman–Crippen MR) is 112 cm³/mol. The maximum Gasteiger partial charge on any atom is 0.277 e. The summed E-state index contributed by atoms with van der Waals surface area (Å²) in [6.45, 7) is 5.40. The lowest BCUT2D eigenvalue weighted by Crippen LogP contribution is -2.48. The average Bonchev–Trinajstić information content (AvgIpc) is 3.20. The zero-order valence-corrected chi connectivity index (χ0v) is 17.8. The van der Waals surface area contributed by atoms with Crippen LogP contribution < -0.4 is 5.32 Å². The molecule has 156 valence electrons. The number of benzene rings is 1. The lowest BCUT2D eigenvalue weighted by molar-refractivity contribution is -0.136. The first-order valence-corrected chi connectivity index (χ1v) is 11.1. The maximum absolute atomic E-state index is 12.4. The Morgan fingerprint density at radius 1 is 1.14 bits per heavy atom. The van der Waals surface area contributed by atoms with Crippen LogP contribution in [0.4, 0.5) is 0 Å². The number of rotatable bonds is 8. The third kappa shape index (κ3) is 6.32. The van der Waals surface area contributed by atoms with E-state index < -0.39 is 6.04 Å². The molecule has 1 aliphatic rings. The Bertz CT molecular complexity index is 805. The van der Waals surface area contributed by atoms with Crippen LogP contribution in [0, 0.1) is 0 Å². The number of carbonyl (C=O) groups excluding carboxylic acids is 2. The fourth-order valence-corrected chi connectivity index (χ4v) is 3.99. The van der Waals surface area contributed by atoms with Gasteiger partial charge in [-0.05, 0) is 37.7 Å². The third-order valence-electron chi connectivity index (χ3n) is 5.04. The fourth-order valence-electron chi connectivity index (χ4n) is 3.40. The van der Waals surface area contributed by atoms with Crippen molar-refractivity contribution in [3.63, 3.8) is 0 Å². The molecular formula is C21H28N4O3S. The van der Waals surface area contributed by atoms with Crippen molar-refractivity contribution in [2.45, 2.75) is 56.7 Å². The van der Waals surface area contributed by atoms with Crippen molar-refractivity contribution < 1.29 is 14.0 Å². The lowest BCUT2D eigenvalue weighted by atomic mass is 9.98. The molecule has 0 spiro atoms. The van der Waals surface area contributed by atoms with Gasteiger partial charge in [-0.15, -0.1) is 10.2 Å². The number of nitrogens with zero attached hydrogens (tertiary/aromatic N) is 3. The van der Waals surface area contributed by atoms with Gasteiger partial charge in [0.1, 0.15) is 6.04 Å². The molecule has 1 aliphatic heterocycles. The fraction of sp³-hybridized carbons (Fsp3) is 0.524. The van der Waals surface area contributed by atoms with E-state index in [0.717, 1.165) is 32.4 Å². The van der Waals surface area contributed by atoms with Crippen molar-refractivity contribution in [3.05, 3.63) is 41.8 Å². The summed E-state index contributed by atoms with van der Waals surface area (Å²) in [7, 11) is 0. The average molecular weight is 417 g/mol. The molecule has 0 aliphatic carbocycles. The molecular weight excluding hydrogens is 388 g/mol. The molecule has 1 aromatic heterocycles. The summed E-state index contributed by atoms with van der Waals surface area (Å²) in [5, 5.41) is 11.2. The van der Waals surface area contributed by atoms with Crippen LogP contribution >= 0.6 is 11.8 Å². The van der Waals surface area contributed by atoms with E-state index in [1.165, 1.54) is 17.3 Å². The first-order chi connectivity index (χ1) is 14.0. The van der Waals surface area contributed by atoms with Gasteiger partial charge in [0, 0.05) is 19.5 Å². The second kappa shape index (κ2) is 10.4. The summed E-state index contributed by atoms with van der Waals surface area (Å²) in [5.74, 6) is 0.716. The normalized spacial score (nSPS) is 16.3. The lowest BCUT2D eigenvalue weighted by Gasteiger charge is -2.29. The van der Waals surface area contributed by atoms with Crippen LogP contribution in [0.2, 0.25) is 0 Å². The Balaban J connectivity index is 1.43. The minimum absolute atomic E-state index is 0.0157. The Kier molecular flexibility index (Phi) is 7.69. The van der Waals surface area contributed by atoms with Gasteiger partial charge in [-0.2, -0.15) is 0 Å². The number of hydrogen-bond donors (Lipinski definition) is 1. The largest absolute Gasteiger partial charge is 0.416 e. The highest BCUT2D eigenvalue weighted by Gasteiger charge is 2.23. The number of hydrogen-bond acceptors (Lipinski definition) is 6. The Hall–Kier alpha value is -2.35. The van der Waals surface area contributed by atoms with Crippen LogP contribution in [0.5, 0.6) is 0 Å². The summed E-state index contributed by atoms with van der Waals surface area (Å²) in [6.07, 6.45) is 3.87. The first kappa shape index (κ1) is 21.4. The quantitative estimate of drug-likeness (QED) is 0.666. The molecule has 1 N–H and O–H groups in total. The Labute approximate surface area is 175 Å². The van der Waals surface area contributed by atoms with E-state index in [0.29, 0.717) is 17.5 Å². The minimum atomic E-state index is -0.522. The number of piperidine rings is 1. The summed E-state index contributed by atoms with van der Waals surface area (Å²) < 4.78 is 5.66. The summed E-state index contributed by atoms with van der Waals surface area (Å²) in [6, 6.07) is 9.64. The molecule has 2 atom stereocenters. The highest BCUT2D eigenvalue weighted by atomic mass is 32.2. The molecule has 3 rings (SSSR count). The second-order valence-electron chi connectivity index (χ2n) is 7.44. The molecule has 2 amide bonds. The topological polar surface area (TPSA) is 88.3 Å². The van der Waals surface area contributed by atoms with Crippen molar-refractivity contribution >= 4 is 23.6 Å². The molecule has 2 aromatic rings. The van der Waals surface area contributed by atoms with E-state index in [4.69, 9.17) is 4.42 Å². The van der Waals surface area contributed by atoms with Crippen molar-refractivity contribution in [2.75, 3.05) is 18.8 Å². The Morgan fingerprint density at radius 3 is 2.59 bits per heavy atom. The van der Waals surface area contributed by atoms with Gasteiger partial charge in [0.15, 0.2) is 0 Å². The number of likely N-dealkylation sites (tertiary alicyclic amines) is 1. The van der Waals surface area contributed by atoms with Gasteiger partial charge in [-0.3, -0.25) is 9.59 Å². The standard InChI is InChI=1S/C21H28N4O3S/c1-15(17-9-5-3-6-10-17)13-19-23-24-21(28-19)29-14-18(26)22-16(2)20(27)25-11-7-4-8-12-25/h3,5-6,9-10,15-16H,4,7-8,11-14H2,1-2H3,(H,22,26). The van der Waals surface area contributed by atoms with Crippen molar-refractivity contribution in [3.8, 4) is 0 Å². The van der Waals surface area contributed by atoms with Crippen LogP contribution in [0.25, 0.3) is 0 Å². The van der Waals surface area contributed by atoms with Crippen LogP contribution in [0.1, 0.15) is 50.5 Å². The first-order valence-electron chi connectivity index (χ1n) is 10.1. The number of thioether (sulfide) groups is 1. The van der Waals surface area contributed by atoms with Crippen molar-refractivity contribution in [1.29, 1.82) is 0 Å². The van der Waals surface area contributed by atoms with Crippen LogP contribution in [-0.2, 0) is 16.0 Å². The Morgan fingerprint density at radius 2 is 1.86 bits per heavy atom. The summed E-state index contributed by atoms with van der Waals surface area (Å²) in [4.78, 5) is 26.4. The monoisotopic (exact) mass is 416 g/mol. The van der Waals surface area contributed by atoms with Gasteiger partial charge in [-0.1, -0.05) is 49.0 Å². The predicted octanol–water partition coefficient (Wildman–Crippen LogP) is 3.03.